The zero-order valence-electron chi connectivity index (χ0n) is 14.9. The van der Waals surface area contributed by atoms with Gasteiger partial charge in [0.1, 0.15) is 24.9 Å². The number of nitrogens with one attached hydrogen (secondary N) is 2. The topological polar surface area (TPSA) is 169 Å². The number of aromatic nitrogens is 2. The lowest BCUT2D eigenvalue weighted by molar-refractivity contribution is -0.142. The summed E-state index contributed by atoms with van der Waals surface area (Å²) in [6.45, 7) is 0.912. The fraction of sp³-hybridized carbons (Fsp3) is 0.533. The van der Waals surface area contributed by atoms with Gasteiger partial charge in [-0.1, -0.05) is 11.0 Å². The predicted molar refractivity (Wildman–Crippen MR) is 93.2 cm³/mol. The molecule has 2 heterocycles. The molecule has 13 heteroatoms. The first kappa shape index (κ1) is 21.9. The quantitative estimate of drug-likeness (QED) is 0.221. The van der Waals surface area contributed by atoms with Crippen LogP contribution in [0.5, 0.6) is 0 Å². The van der Waals surface area contributed by atoms with Crippen LogP contribution in [-0.4, -0.2) is 63.3 Å². The van der Waals surface area contributed by atoms with Crippen LogP contribution in [0.3, 0.4) is 0 Å². The Kier molecular flexibility index (Phi) is 6.84. The van der Waals surface area contributed by atoms with Crippen LogP contribution in [0.1, 0.15) is 13.2 Å². The standard InChI is InChI=1S/C15H18N3O9P/c1-4-15(23)11(20)9(7-26-28(24)17-8(2)12(21)25-3)27-13(15)18-6-5-10(19)16-14(18)22/h1,5-6,8-9,11,13,20,23H,7H2,2-3H3,(H-,16,17,19,22,24)/p+1/t8-,9+,11+,13+,15+/m0/s1. The van der Waals surface area contributed by atoms with Crippen LogP contribution in [0.2, 0.25) is 0 Å². The summed E-state index contributed by atoms with van der Waals surface area (Å²) in [5.74, 6) is 1.31. The summed E-state index contributed by atoms with van der Waals surface area (Å²) in [7, 11) is -1.39. The van der Waals surface area contributed by atoms with Crippen molar-refractivity contribution < 1.29 is 33.6 Å². The maximum absolute atomic E-state index is 12.0. The third kappa shape index (κ3) is 4.36. The molecule has 4 N–H and O–H groups in total. The van der Waals surface area contributed by atoms with Gasteiger partial charge >= 0.3 is 19.8 Å². The van der Waals surface area contributed by atoms with Crippen molar-refractivity contribution in [1.82, 2.24) is 14.6 Å². The Balaban J connectivity index is 2.12. The molecule has 0 aliphatic carbocycles. The number of esters is 1. The molecule has 0 aromatic carbocycles. The van der Waals surface area contributed by atoms with Gasteiger partial charge in [0.15, 0.2) is 11.8 Å². The van der Waals surface area contributed by atoms with Crippen LogP contribution in [0.4, 0.5) is 0 Å². The molecular weight excluding hydrogens is 397 g/mol. The van der Waals surface area contributed by atoms with Gasteiger partial charge in [-0.3, -0.25) is 19.1 Å². The van der Waals surface area contributed by atoms with Crippen LogP contribution in [0, 0.1) is 12.3 Å². The molecule has 1 aliphatic heterocycles. The van der Waals surface area contributed by atoms with E-state index in [1.165, 1.54) is 6.92 Å². The van der Waals surface area contributed by atoms with E-state index in [-0.39, 0.29) is 0 Å². The number of carbonyl (C=O) groups is 1. The summed E-state index contributed by atoms with van der Waals surface area (Å²) in [6.07, 6.45) is 1.85. The molecule has 0 radical (unpaired) electrons. The molecule has 152 valence electrons. The molecule has 12 nitrogen and oxygen atoms in total. The number of hydrogen-bond donors (Lipinski definition) is 4. The highest BCUT2D eigenvalue weighted by molar-refractivity contribution is 7.36. The molecule has 1 aromatic rings. The van der Waals surface area contributed by atoms with E-state index in [1.807, 2.05) is 10.9 Å². The van der Waals surface area contributed by atoms with Crippen LogP contribution < -0.4 is 16.3 Å². The van der Waals surface area contributed by atoms with Gasteiger partial charge in [0.25, 0.3) is 5.56 Å². The maximum Gasteiger partial charge on any atom is 0.613 e. The second-order valence-corrected chi connectivity index (χ2v) is 6.92. The van der Waals surface area contributed by atoms with Gasteiger partial charge in [-0.05, 0) is 11.5 Å². The number of methoxy groups -OCH3 is 1. The number of nitrogens with zero attached hydrogens (tertiary/aromatic N) is 1. The highest BCUT2D eigenvalue weighted by atomic mass is 31.1. The minimum absolute atomic E-state index is 0.490. The number of aromatic amines is 1. The summed E-state index contributed by atoms with van der Waals surface area (Å²) in [5, 5.41) is 23.3. The van der Waals surface area contributed by atoms with E-state index in [0.717, 1.165) is 23.9 Å². The third-order valence-electron chi connectivity index (χ3n) is 4.03. The zero-order valence-corrected chi connectivity index (χ0v) is 15.8. The molecule has 0 bridgehead atoms. The molecule has 1 aromatic heterocycles. The van der Waals surface area contributed by atoms with Gasteiger partial charge in [-0.15, -0.1) is 10.9 Å². The lowest BCUT2D eigenvalue weighted by Gasteiger charge is -2.26. The Morgan fingerprint density at radius 3 is 2.86 bits per heavy atom. The largest absolute Gasteiger partial charge is 0.613 e. The molecule has 1 unspecified atom stereocenters. The molecule has 28 heavy (non-hydrogen) atoms. The number of aliphatic hydroxyl groups is 2. The monoisotopic (exact) mass is 416 g/mol. The highest BCUT2D eigenvalue weighted by Gasteiger charge is 2.56. The summed E-state index contributed by atoms with van der Waals surface area (Å²) < 4.78 is 27.6. The Morgan fingerprint density at radius 2 is 2.29 bits per heavy atom. The summed E-state index contributed by atoms with van der Waals surface area (Å²) >= 11 is 0. The SMILES string of the molecule is C#C[C@@]1(O)[C@H](O)[C@@H](CO[P+](=O)N[C@@H](C)C(=O)OC)O[C@H]1n1ccc(=O)[nH]c1=O. The molecule has 2 rings (SSSR count). The lowest BCUT2D eigenvalue weighted by atomic mass is 9.95. The molecule has 1 aliphatic rings. The fourth-order valence-corrected chi connectivity index (χ4v) is 3.29. The van der Waals surface area contributed by atoms with E-state index in [9.17, 15) is 29.2 Å². The molecular formula is C15H19N3O9P+. The Bertz CT molecular complexity index is 907. The van der Waals surface area contributed by atoms with Gasteiger partial charge < -0.3 is 19.7 Å². The minimum atomic E-state index is -2.55. The van der Waals surface area contributed by atoms with Crippen molar-refractivity contribution in [2.75, 3.05) is 13.7 Å². The van der Waals surface area contributed by atoms with Gasteiger partial charge in [0.2, 0.25) is 0 Å². The molecule has 1 saturated heterocycles. The summed E-state index contributed by atoms with van der Waals surface area (Å²) in [6, 6.07) is 0.0885. The third-order valence-corrected chi connectivity index (χ3v) is 5.01. The number of aliphatic hydroxyl groups excluding tert-OH is 1. The lowest BCUT2D eigenvalue weighted by Crippen LogP contribution is -2.48. The number of terminal acetylenes is 1. The van der Waals surface area contributed by atoms with Gasteiger partial charge in [0, 0.05) is 12.3 Å². The van der Waals surface area contributed by atoms with Crippen LogP contribution in [0.15, 0.2) is 21.9 Å². The molecule has 0 saturated carbocycles. The van der Waals surface area contributed by atoms with E-state index < -0.39 is 62.1 Å². The van der Waals surface area contributed by atoms with Crippen LogP contribution in [0.25, 0.3) is 0 Å². The van der Waals surface area contributed by atoms with Gasteiger partial charge in [-0.2, -0.15) is 0 Å². The van der Waals surface area contributed by atoms with Crippen molar-refractivity contribution in [2.45, 2.75) is 37.0 Å². The number of hydrogen-bond acceptors (Lipinski definition) is 9. The van der Waals surface area contributed by atoms with Gasteiger partial charge in [-0.25, -0.2) is 4.79 Å². The van der Waals surface area contributed by atoms with Crippen molar-refractivity contribution in [2.24, 2.45) is 0 Å². The minimum Gasteiger partial charge on any atom is -0.468 e. The average Bonchev–Trinajstić information content (AvgIpc) is 2.91. The highest BCUT2D eigenvalue weighted by Crippen LogP contribution is 2.38. The smallest absolute Gasteiger partial charge is 0.468 e. The number of carbonyl (C=O) groups excluding carboxylic acids is 1. The Labute approximate surface area is 159 Å². The predicted octanol–water partition coefficient (Wildman–Crippen LogP) is -2.02. The second kappa shape index (κ2) is 8.74. The molecule has 1 fully saturated rings. The molecule has 6 atom stereocenters. The van der Waals surface area contributed by atoms with Crippen molar-refractivity contribution >= 4 is 14.1 Å². The average molecular weight is 416 g/mol. The first-order chi connectivity index (χ1) is 13.1. The number of rotatable bonds is 7. The first-order valence-corrected chi connectivity index (χ1v) is 9.11. The summed E-state index contributed by atoms with van der Waals surface area (Å²) in [5.41, 5.74) is -3.92. The van der Waals surface area contributed by atoms with Crippen molar-refractivity contribution in [3.63, 3.8) is 0 Å². The number of ether oxygens (including phenoxy) is 2. The van der Waals surface area contributed by atoms with E-state index in [2.05, 4.69) is 9.82 Å². The number of H-pyrrole nitrogens is 1. The Hall–Kier alpha value is -2.39. The van der Waals surface area contributed by atoms with E-state index in [4.69, 9.17) is 15.7 Å². The summed E-state index contributed by atoms with van der Waals surface area (Å²) in [4.78, 5) is 36.4. The Morgan fingerprint density at radius 1 is 1.61 bits per heavy atom. The van der Waals surface area contributed by atoms with E-state index in [1.54, 1.807) is 0 Å². The zero-order chi connectivity index (χ0) is 21.1. The molecule has 0 spiro atoms. The van der Waals surface area contributed by atoms with Gasteiger partial charge in [0.05, 0.1) is 7.11 Å². The van der Waals surface area contributed by atoms with E-state index in [0.29, 0.717) is 0 Å². The molecule has 0 amide bonds. The fourth-order valence-electron chi connectivity index (χ4n) is 2.52. The van der Waals surface area contributed by atoms with E-state index >= 15 is 0 Å². The van der Waals surface area contributed by atoms with Crippen LogP contribution in [-0.2, 0) is 23.4 Å². The van der Waals surface area contributed by atoms with Crippen LogP contribution >= 0.6 is 8.18 Å². The van der Waals surface area contributed by atoms with Crippen molar-refractivity contribution in [3.05, 3.63) is 33.1 Å². The van der Waals surface area contributed by atoms with Crippen molar-refractivity contribution in [3.8, 4) is 12.3 Å². The maximum atomic E-state index is 12.0. The normalized spacial score (nSPS) is 28.4. The second-order valence-electron chi connectivity index (χ2n) is 5.89. The first-order valence-electron chi connectivity index (χ1n) is 7.93. The van der Waals surface area contributed by atoms with Crippen molar-refractivity contribution in [1.29, 1.82) is 0 Å².